The minimum absolute atomic E-state index is 0.0228. The standard InChI is InChI=1S/C13H22N2O3/c1-13(2,3)18-12(17)15-8-10(5-4-6-16)11(7-14)9-15/h10-11,16H,6-9,14H2,1-3H3. The number of nitrogens with zero attached hydrogens (tertiary/aromatic N) is 1. The van der Waals surface area contributed by atoms with E-state index in [0.29, 0.717) is 19.6 Å². The Labute approximate surface area is 108 Å². The van der Waals surface area contributed by atoms with Crippen LogP contribution in [0.2, 0.25) is 0 Å². The second-order valence-corrected chi connectivity index (χ2v) is 5.47. The molecule has 0 aromatic rings. The first-order valence-electron chi connectivity index (χ1n) is 6.14. The van der Waals surface area contributed by atoms with E-state index in [1.807, 2.05) is 20.8 Å². The van der Waals surface area contributed by atoms with Crippen LogP contribution in [0.3, 0.4) is 0 Å². The Morgan fingerprint density at radius 1 is 1.50 bits per heavy atom. The van der Waals surface area contributed by atoms with Crippen molar-refractivity contribution < 1.29 is 14.6 Å². The molecule has 1 rings (SSSR count). The van der Waals surface area contributed by atoms with E-state index in [2.05, 4.69) is 11.8 Å². The van der Waals surface area contributed by atoms with Crippen LogP contribution in [-0.2, 0) is 4.74 Å². The zero-order chi connectivity index (χ0) is 13.8. The monoisotopic (exact) mass is 254 g/mol. The Morgan fingerprint density at radius 2 is 2.17 bits per heavy atom. The van der Waals surface area contributed by atoms with Gasteiger partial charge in [0.1, 0.15) is 12.2 Å². The molecule has 2 atom stereocenters. The normalized spacial score (nSPS) is 23.5. The number of hydrogen-bond donors (Lipinski definition) is 2. The maximum atomic E-state index is 11.9. The van der Waals surface area contributed by atoms with Gasteiger partial charge in [0.05, 0.1) is 0 Å². The quantitative estimate of drug-likeness (QED) is 0.665. The number of likely N-dealkylation sites (tertiary alicyclic amines) is 1. The van der Waals surface area contributed by atoms with Gasteiger partial charge in [-0.15, -0.1) is 0 Å². The highest BCUT2D eigenvalue weighted by Gasteiger charge is 2.35. The third-order valence-corrected chi connectivity index (χ3v) is 2.76. The van der Waals surface area contributed by atoms with Crippen LogP contribution < -0.4 is 5.73 Å². The molecular weight excluding hydrogens is 232 g/mol. The lowest BCUT2D eigenvalue weighted by molar-refractivity contribution is 0.0286. The summed E-state index contributed by atoms with van der Waals surface area (Å²) >= 11 is 0. The number of carbonyl (C=O) groups excluding carboxylic acids is 1. The smallest absolute Gasteiger partial charge is 0.410 e. The lowest BCUT2D eigenvalue weighted by Crippen LogP contribution is -2.35. The predicted molar refractivity (Wildman–Crippen MR) is 68.7 cm³/mol. The summed E-state index contributed by atoms with van der Waals surface area (Å²) in [6.45, 7) is 6.91. The second kappa shape index (κ2) is 6.07. The molecule has 2 unspecified atom stereocenters. The van der Waals surface area contributed by atoms with Crippen molar-refractivity contribution in [1.29, 1.82) is 0 Å². The van der Waals surface area contributed by atoms with Crippen molar-refractivity contribution in [1.82, 2.24) is 4.90 Å². The van der Waals surface area contributed by atoms with Crippen LogP contribution in [0.5, 0.6) is 0 Å². The summed E-state index contributed by atoms with van der Waals surface area (Å²) in [7, 11) is 0. The van der Waals surface area contributed by atoms with Gasteiger partial charge in [-0.05, 0) is 27.3 Å². The van der Waals surface area contributed by atoms with E-state index in [-0.39, 0.29) is 24.5 Å². The fraction of sp³-hybridized carbons (Fsp3) is 0.769. The Morgan fingerprint density at radius 3 is 2.67 bits per heavy atom. The van der Waals surface area contributed by atoms with Crippen molar-refractivity contribution in [3.05, 3.63) is 0 Å². The molecule has 0 aromatic carbocycles. The van der Waals surface area contributed by atoms with Crippen molar-refractivity contribution in [2.24, 2.45) is 17.6 Å². The third kappa shape index (κ3) is 4.21. The number of nitrogens with two attached hydrogens (primary N) is 1. The highest BCUT2D eigenvalue weighted by atomic mass is 16.6. The number of aliphatic hydroxyl groups excluding tert-OH is 1. The summed E-state index contributed by atoms with van der Waals surface area (Å²) in [4.78, 5) is 13.5. The molecule has 0 bridgehead atoms. The molecule has 0 aromatic heterocycles. The molecule has 1 heterocycles. The number of ether oxygens (including phenoxy) is 1. The summed E-state index contributed by atoms with van der Waals surface area (Å²) in [5.74, 6) is 5.76. The highest BCUT2D eigenvalue weighted by molar-refractivity contribution is 5.68. The molecule has 1 fully saturated rings. The lowest BCUT2D eigenvalue weighted by Gasteiger charge is -2.24. The third-order valence-electron chi connectivity index (χ3n) is 2.76. The molecule has 5 nitrogen and oxygen atoms in total. The van der Waals surface area contributed by atoms with E-state index in [9.17, 15) is 4.79 Å². The van der Waals surface area contributed by atoms with Crippen LogP contribution in [0.25, 0.3) is 0 Å². The predicted octanol–water partition coefficient (Wildman–Crippen LogP) is 0.424. The van der Waals surface area contributed by atoms with E-state index < -0.39 is 5.60 Å². The zero-order valence-corrected chi connectivity index (χ0v) is 11.3. The summed E-state index contributed by atoms with van der Waals surface area (Å²) in [5.41, 5.74) is 5.18. The van der Waals surface area contributed by atoms with Gasteiger partial charge < -0.3 is 20.5 Å². The fourth-order valence-electron chi connectivity index (χ4n) is 1.93. The van der Waals surface area contributed by atoms with E-state index in [0.717, 1.165) is 0 Å². The average molecular weight is 254 g/mol. The molecule has 1 saturated heterocycles. The number of hydrogen-bond acceptors (Lipinski definition) is 4. The maximum absolute atomic E-state index is 11.9. The second-order valence-electron chi connectivity index (χ2n) is 5.47. The first-order valence-corrected chi connectivity index (χ1v) is 6.14. The van der Waals surface area contributed by atoms with E-state index in [1.165, 1.54) is 0 Å². The average Bonchev–Trinajstić information content (AvgIpc) is 2.67. The van der Waals surface area contributed by atoms with Crippen LogP contribution in [0, 0.1) is 23.7 Å². The van der Waals surface area contributed by atoms with Gasteiger partial charge in [0.2, 0.25) is 0 Å². The van der Waals surface area contributed by atoms with Crippen molar-refractivity contribution in [2.75, 3.05) is 26.2 Å². The van der Waals surface area contributed by atoms with E-state index in [1.54, 1.807) is 4.90 Å². The van der Waals surface area contributed by atoms with Gasteiger partial charge in [0, 0.05) is 24.9 Å². The van der Waals surface area contributed by atoms with Crippen molar-refractivity contribution in [3.63, 3.8) is 0 Å². The lowest BCUT2D eigenvalue weighted by atomic mass is 9.97. The van der Waals surface area contributed by atoms with Gasteiger partial charge in [-0.3, -0.25) is 0 Å². The van der Waals surface area contributed by atoms with Crippen LogP contribution in [-0.4, -0.2) is 47.9 Å². The molecule has 0 saturated carbocycles. The molecule has 1 aliphatic rings. The molecule has 18 heavy (non-hydrogen) atoms. The number of carbonyl (C=O) groups is 1. The number of rotatable bonds is 1. The topological polar surface area (TPSA) is 75.8 Å². The van der Waals surface area contributed by atoms with Gasteiger partial charge in [-0.25, -0.2) is 4.79 Å². The molecule has 1 aliphatic heterocycles. The summed E-state index contributed by atoms with van der Waals surface area (Å²) in [6, 6.07) is 0. The minimum atomic E-state index is -0.496. The first-order chi connectivity index (χ1) is 8.37. The van der Waals surface area contributed by atoms with Crippen LogP contribution in [0.15, 0.2) is 0 Å². The Hall–Kier alpha value is -1.25. The zero-order valence-electron chi connectivity index (χ0n) is 11.3. The SMILES string of the molecule is CC(C)(C)OC(=O)N1CC(C#CCO)C(CN)C1. The fourth-order valence-corrected chi connectivity index (χ4v) is 1.93. The molecule has 0 radical (unpaired) electrons. The van der Waals surface area contributed by atoms with Crippen LogP contribution in [0.4, 0.5) is 4.79 Å². The summed E-state index contributed by atoms with van der Waals surface area (Å²) < 4.78 is 5.32. The number of amides is 1. The van der Waals surface area contributed by atoms with Crippen molar-refractivity contribution in [2.45, 2.75) is 26.4 Å². The van der Waals surface area contributed by atoms with Gasteiger partial charge in [-0.2, -0.15) is 0 Å². The largest absolute Gasteiger partial charge is 0.444 e. The van der Waals surface area contributed by atoms with Crippen molar-refractivity contribution in [3.8, 4) is 11.8 Å². The Balaban J connectivity index is 2.63. The molecular formula is C13H22N2O3. The summed E-state index contributed by atoms with van der Waals surface area (Å²) in [6.07, 6.45) is -0.325. The summed E-state index contributed by atoms with van der Waals surface area (Å²) in [5, 5.41) is 8.70. The van der Waals surface area contributed by atoms with Crippen LogP contribution >= 0.6 is 0 Å². The van der Waals surface area contributed by atoms with Crippen LogP contribution in [0.1, 0.15) is 20.8 Å². The van der Waals surface area contributed by atoms with Crippen molar-refractivity contribution >= 4 is 6.09 Å². The first kappa shape index (κ1) is 14.8. The molecule has 5 heteroatoms. The van der Waals surface area contributed by atoms with Gasteiger partial charge in [0.25, 0.3) is 0 Å². The molecule has 0 spiro atoms. The Bertz CT molecular complexity index is 351. The maximum Gasteiger partial charge on any atom is 0.410 e. The highest BCUT2D eigenvalue weighted by Crippen LogP contribution is 2.23. The molecule has 3 N–H and O–H groups in total. The van der Waals surface area contributed by atoms with E-state index in [4.69, 9.17) is 15.6 Å². The van der Waals surface area contributed by atoms with Gasteiger partial charge >= 0.3 is 6.09 Å². The Kier molecular flexibility index (Phi) is 5.00. The van der Waals surface area contributed by atoms with Gasteiger partial charge in [0.15, 0.2) is 0 Å². The van der Waals surface area contributed by atoms with E-state index >= 15 is 0 Å². The minimum Gasteiger partial charge on any atom is -0.444 e. The number of aliphatic hydroxyl groups is 1. The molecule has 0 aliphatic carbocycles. The molecule has 102 valence electrons. The van der Waals surface area contributed by atoms with Gasteiger partial charge in [-0.1, -0.05) is 11.8 Å². The molecule has 1 amide bonds.